The van der Waals surface area contributed by atoms with Crippen molar-refractivity contribution in [3.8, 4) is 0 Å². The Morgan fingerprint density at radius 1 is 1.22 bits per heavy atom. The van der Waals surface area contributed by atoms with Crippen molar-refractivity contribution < 1.29 is 5.11 Å². The normalized spacial score (nSPS) is 19.9. The van der Waals surface area contributed by atoms with Crippen LogP contribution in [0.2, 0.25) is 0 Å². The van der Waals surface area contributed by atoms with Crippen molar-refractivity contribution in [2.45, 2.75) is 51.2 Å². The summed E-state index contributed by atoms with van der Waals surface area (Å²) in [5, 5.41) is 13.5. The number of hydrogen-bond donors (Lipinski definition) is 2. The van der Waals surface area contributed by atoms with Crippen LogP contribution in [0.3, 0.4) is 0 Å². The molecule has 0 amide bonds. The molecule has 1 saturated carbocycles. The lowest BCUT2D eigenvalue weighted by atomic mass is 10.00. The highest BCUT2D eigenvalue weighted by atomic mass is 16.3. The molecule has 2 unspecified atom stereocenters. The Morgan fingerprint density at radius 2 is 1.89 bits per heavy atom. The number of hydrogen-bond acceptors (Lipinski definition) is 2. The molecule has 1 aliphatic carbocycles. The second kappa shape index (κ2) is 6.91. The Hall–Kier alpha value is -0.860. The van der Waals surface area contributed by atoms with E-state index in [1.165, 1.54) is 31.2 Å². The molecular weight excluding hydrogens is 222 g/mol. The first-order valence-electron chi connectivity index (χ1n) is 7.22. The monoisotopic (exact) mass is 247 g/mol. The summed E-state index contributed by atoms with van der Waals surface area (Å²) in [5.41, 5.74) is 1.28. The molecule has 2 rings (SSSR count). The fraction of sp³-hybridized carbons (Fsp3) is 0.625. The van der Waals surface area contributed by atoms with Gasteiger partial charge in [0.15, 0.2) is 0 Å². The van der Waals surface area contributed by atoms with E-state index < -0.39 is 0 Å². The van der Waals surface area contributed by atoms with Crippen molar-refractivity contribution in [1.29, 1.82) is 0 Å². The summed E-state index contributed by atoms with van der Waals surface area (Å²) in [5.74, 6) is 0.758. The number of benzene rings is 1. The first-order valence-corrected chi connectivity index (χ1v) is 7.22. The van der Waals surface area contributed by atoms with Crippen LogP contribution in [-0.2, 0) is 0 Å². The summed E-state index contributed by atoms with van der Waals surface area (Å²) in [6.45, 7) is 2.85. The van der Waals surface area contributed by atoms with E-state index in [1.807, 2.05) is 6.07 Å². The predicted octanol–water partition coefficient (Wildman–Crippen LogP) is 3.28. The van der Waals surface area contributed by atoms with Gasteiger partial charge in [-0.25, -0.2) is 0 Å². The first kappa shape index (κ1) is 13.6. The Labute approximate surface area is 110 Å². The van der Waals surface area contributed by atoms with Gasteiger partial charge < -0.3 is 10.4 Å². The van der Waals surface area contributed by atoms with E-state index in [-0.39, 0.29) is 6.10 Å². The molecule has 0 heterocycles. The van der Waals surface area contributed by atoms with Gasteiger partial charge in [-0.15, -0.1) is 0 Å². The third-order valence-corrected chi connectivity index (χ3v) is 4.04. The van der Waals surface area contributed by atoms with Gasteiger partial charge >= 0.3 is 0 Å². The van der Waals surface area contributed by atoms with Crippen molar-refractivity contribution in [3.05, 3.63) is 35.9 Å². The Balaban J connectivity index is 1.70. The summed E-state index contributed by atoms with van der Waals surface area (Å²) in [7, 11) is 0. The van der Waals surface area contributed by atoms with Crippen LogP contribution in [0.4, 0.5) is 0 Å². The van der Waals surface area contributed by atoms with Crippen LogP contribution in [0.1, 0.15) is 50.6 Å². The molecule has 0 bridgehead atoms. The highest BCUT2D eigenvalue weighted by Crippen LogP contribution is 2.28. The van der Waals surface area contributed by atoms with E-state index in [0.29, 0.717) is 12.6 Å². The highest BCUT2D eigenvalue weighted by Gasteiger charge is 2.19. The van der Waals surface area contributed by atoms with Crippen LogP contribution in [0.5, 0.6) is 0 Å². The van der Waals surface area contributed by atoms with Gasteiger partial charge in [0.05, 0.1) is 6.10 Å². The third kappa shape index (κ3) is 4.11. The summed E-state index contributed by atoms with van der Waals surface area (Å²) >= 11 is 0. The molecule has 1 aromatic carbocycles. The highest BCUT2D eigenvalue weighted by molar-refractivity contribution is 5.17. The molecule has 1 aromatic rings. The molecule has 2 heteroatoms. The molecule has 2 N–H and O–H groups in total. The van der Waals surface area contributed by atoms with E-state index in [2.05, 4.69) is 36.5 Å². The summed E-state index contributed by atoms with van der Waals surface area (Å²) in [4.78, 5) is 0. The lowest BCUT2D eigenvalue weighted by Crippen LogP contribution is -2.30. The lowest BCUT2D eigenvalue weighted by Gasteiger charge is -2.19. The smallest absolute Gasteiger partial charge is 0.0667 e. The zero-order valence-corrected chi connectivity index (χ0v) is 11.3. The lowest BCUT2D eigenvalue weighted by molar-refractivity contribution is 0.137. The standard InChI is InChI=1S/C16H25NO/c1-13(15-9-3-2-4-10-15)17-12-16(18)11-14-7-5-6-8-14/h2-4,9-10,13-14,16-18H,5-8,11-12H2,1H3. The number of aliphatic hydroxyl groups is 1. The van der Waals surface area contributed by atoms with Gasteiger partial charge in [0, 0.05) is 12.6 Å². The molecule has 0 saturated heterocycles. The van der Waals surface area contributed by atoms with E-state index >= 15 is 0 Å². The Kier molecular flexibility index (Phi) is 5.21. The van der Waals surface area contributed by atoms with E-state index in [0.717, 1.165) is 12.3 Å². The molecule has 2 nitrogen and oxygen atoms in total. The molecular formula is C16H25NO. The van der Waals surface area contributed by atoms with Crippen molar-refractivity contribution in [3.63, 3.8) is 0 Å². The number of nitrogens with one attached hydrogen (secondary N) is 1. The van der Waals surface area contributed by atoms with Crippen LogP contribution >= 0.6 is 0 Å². The van der Waals surface area contributed by atoms with Gasteiger partial charge in [-0.05, 0) is 24.8 Å². The quantitative estimate of drug-likeness (QED) is 0.808. The Morgan fingerprint density at radius 3 is 2.56 bits per heavy atom. The van der Waals surface area contributed by atoms with Crippen molar-refractivity contribution in [1.82, 2.24) is 5.32 Å². The maximum absolute atomic E-state index is 10.0. The zero-order chi connectivity index (χ0) is 12.8. The number of rotatable bonds is 6. The van der Waals surface area contributed by atoms with Gasteiger partial charge in [-0.3, -0.25) is 0 Å². The average molecular weight is 247 g/mol. The second-order valence-corrected chi connectivity index (χ2v) is 5.58. The summed E-state index contributed by atoms with van der Waals surface area (Å²) < 4.78 is 0. The first-order chi connectivity index (χ1) is 8.75. The maximum atomic E-state index is 10.0. The van der Waals surface area contributed by atoms with Crippen LogP contribution in [0, 0.1) is 5.92 Å². The zero-order valence-electron chi connectivity index (χ0n) is 11.3. The van der Waals surface area contributed by atoms with E-state index in [4.69, 9.17) is 0 Å². The predicted molar refractivity (Wildman–Crippen MR) is 75.4 cm³/mol. The Bertz CT molecular complexity index is 332. The molecule has 1 aliphatic rings. The van der Waals surface area contributed by atoms with Gasteiger partial charge in [-0.2, -0.15) is 0 Å². The average Bonchev–Trinajstić information content (AvgIpc) is 2.90. The molecule has 1 fully saturated rings. The largest absolute Gasteiger partial charge is 0.392 e. The van der Waals surface area contributed by atoms with Crippen molar-refractivity contribution in [2.75, 3.05) is 6.54 Å². The van der Waals surface area contributed by atoms with Gasteiger partial charge in [0.1, 0.15) is 0 Å². The minimum atomic E-state index is -0.195. The van der Waals surface area contributed by atoms with E-state index in [9.17, 15) is 5.11 Å². The fourth-order valence-corrected chi connectivity index (χ4v) is 2.89. The van der Waals surface area contributed by atoms with Crippen molar-refractivity contribution in [2.24, 2.45) is 5.92 Å². The van der Waals surface area contributed by atoms with Crippen LogP contribution in [-0.4, -0.2) is 17.8 Å². The summed E-state index contributed by atoms with van der Waals surface area (Å²) in [6, 6.07) is 10.7. The topological polar surface area (TPSA) is 32.3 Å². The minimum Gasteiger partial charge on any atom is -0.392 e. The van der Waals surface area contributed by atoms with Crippen LogP contribution in [0.25, 0.3) is 0 Å². The van der Waals surface area contributed by atoms with Crippen molar-refractivity contribution >= 4 is 0 Å². The van der Waals surface area contributed by atoms with E-state index in [1.54, 1.807) is 0 Å². The molecule has 0 spiro atoms. The SMILES string of the molecule is CC(NCC(O)CC1CCCC1)c1ccccc1. The molecule has 0 aliphatic heterocycles. The second-order valence-electron chi connectivity index (χ2n) is 5.58. The van der Waals surface area contributed by atoms with Crippen LogP contribution < -0.4 is 5.32 Å². The molecule has 100 valence electrons. The third-order valence-electron chi connectivity index (χ3n) is 4.04. The maximum Gasteiger partial charge on any atom is 0.0667 e. The number of aliphatic hydroxyl groups excluding tert-OH is 1. The fourth-order valence-electron chi connectivity index (χ4n) is 2.89. The minimum absolute atomic E-state index is 0.195. The molecule has 0 radical (unpaired) electrons. The van der Waals surface area contributed by atoms with Gasteiger partial charge in [0.2, 0.25) is 0 Å². The molecule has 2 atom stereocenters. The molecule has 0 aromatic heterocycles. The van der Waals surface area contributed by atoms with Gasteiger partial charge in [0.25, 0.3) is 0 Å². The van der Waals surface area contributed by atoms with Crippen LogP contribution in [0.15, 0.2) is 30.3 Å². The molecule has 18 heavy (non-hydrogen) atoms. The van der Waals surface area contributed by atoms with Gasteiger partial charge in [-0.1, -0.05) is 56.0 Å². The summed E-state index contributed by atoms with van der Waals surface area (Å²) in [6.07, 6.45) is 6.10.